The van der Waals surface area contributed by atoms with Crippen LogP contribution >= 0.6 is 23.1 Å². The SMILES string of the molecule is CCC(C(=O)Nc1nc(-c2ccc(C)cc2)cs1)n1c(N)nnc1SC. The van der Waals surface area contributed by atoms with Gasteiger partial charge in [0, 0.05) is 10.9 Å². The Morgan fingerprint density at radius 2 is 2.08 bits per heavy atom. The zero-order chi connectivity index (χ0) is 18.7. The van der Waals surface area contributed by atoms with E-state index in [0.717, 1.165) is 11.3 Å². The number of nitrogens with zero attached hydrogens (tertiary/aromatic N) is 4. The number of amides is 1. The normalized spacial score (nSPS) is 12.1. The number of aryl methyl sites for hydroxylation is 1. The zero-order valence-electron chi connectivity index (χ0n) is 14.8. The van der Waals surface area contributed by atoms with E-state index >= 15 is 0 Å². The highest BCUT2D eigenvalue weighted by atomic mass is 32.2. The van der Waals surface area contributed by atoms with Crippen molar-refractivity contribution in [3.63, 3.8) is 0 Å². The van der Waals surface area contributed by atoms with Crippen LogP contribution in [0.2, 0.25) is 0 Å². The monoisotopic (exact) mass is 388 g/mol. The third-order valence-electron chi connectivity index (χ3n) is 3.96. The maximum Gasteiger partial charge on any atom is 0.249 e. The zero-order valence-corrected chi connectivity index (χ0v) is 16.4. The number of hydrogen-bond acceptors (Lipinski definition) is 7. The van der Waals surface area contributed by atoms with Crippen LogP contribution in [0.1, 0.15) is 24.9 Å². The Labute approximate surface area is 160 Å². The molecule has 0 aliphatic carbocycles. The molecule has 9 heteroatoms. The summed E-state index contributed by atoms with van der Waals surface area (Å²) in [4.78, 5) is 17.3. The number of rotatable bonds is 6. The number of nitrogen functional groups attached to an aromatic ring is 1. The van der Waals surface area contributed by atoms with Gasteiger partial charge in [-0.05, 0) is 19.6 Å². The van der Waals surface area contributed by atoms with Gasteiger partial charge in [0.1, 0.15) is 6.04 Å². The lowest BCUT2D eigenvalue weighted by Gasteiger charge is -2.17. The first kappa shape index (κ1) is 18.4. The first-order valence-electron chi connectivity index (χ1n) is 8.11. The number of hydrogen-bond donors (Lipinski definition) is 2. The fourth-order valence-electron chi connectivity index (χ4n) is 2.58. The highest BCUT2D eigenvalue weighted by Crippen LogP contribution is 2.28. The predicted molar refractivity (Wildman–Crippen MR) is 106 cm³/mol. The van der Waals surface area contributed by atoms with Crippen molar-refractivity contribution in [1.82, 2.24) is 19.7 Å². The average Bonchev–Trinajstić information content (AvgIpc) is 3.24. The maximum atomic E-state index is 12.8. The first-order valence-corrected chi connectivity index (χ1v) is 10.2. The van der Waals surface area contributed by atoms with E-state index in [1.165, 1.54) is 28.7 Å². The third-order valence-corrected chi connectivity index (χ3v) is 5.36. The molecular formula is C17H20N6OS2. The van der Waals surface area contributed by atoms with Crippen molar-refractivity contribution in [3.8, 4) is 11.3 Å². The van der Waals surface area contributed by atoms with Crippen LogP contribution in [0.15, 0.2) is 34.8 Å². The number of anilines is 2. The molecule has 1 aromatic carbocycles. The van der Waals surface area contributed by atoms with Gasteiger partial charge in [-0.3, -0.25) is 9.36 Å². The van der Waals surface area contributed by atoms with Crippen LogP contribution in [-0.2, 0) is 4.79 Å². The van der Waals surface area contributed by atoms with Crippen LogP contribution in [0.4, 0.5) is 11.1 Å². The summed E-state index contributed by atoms with van der Waals surface area (Å²) >= 11 is 2.80. The summed E-state index contributed by atoms with van der Waals surface area (Å²) < 4.78 is 1.66. The molecule has 0 spiro atoms. The molecule has 0 bridgehead atoms. The minimum atomic E-state index is -0.487. The first-order chi connectivity index (χ1) is 12.5. The van der Waals surface area contributed by atoms with Gasteiger partial charge in [0.25, 0.3) is 0 Å². The minimum absolute atomic E-state index is 0.181. The van der Waals surface area contributed by atoms with Crippen LogP contribution in [0.3, 0.4) is 0 Å². The lowest BCUT2D eigenvalue weighted by Crippen LogP contribution is -2.27. The summed E-state index contributed by atoms with van der Waals surface area (Å²) in [7, 11) is 0. The fraction of sp³-hybridized carbons (Fsp3) is 0.294. The molecule has 1 amide bonds. The number of benzene rings is 1. The van der Waals surface area contributed by atoms with Gasteiger partial charge in [-0.2, -0.15) is 0 Å². The lowest BCUT2D eigenvalue weighted by molar-refractivity contribution is -0.119. The van der Waals surface area contributed by atoms with E-state index < -0.39 is 6.04 Å². The number of carbonyl (C=O) groups is 1. The summed E-state index contributed by atoms with van der Waals surface area (Å²) in [5, 5.41) is 13.9. The Morgan fingerprint density at radius 1 is 1.35 bits per heavy atom. The van der Waals surface area contributed by atoms with E-state index in [1.807, 2.05) is 49.7 Å². The van der Waals surface area contributed by atoms with E-state index in [-0.39, 0.29) is 11.9 Å². The molecule has 26 heavy (non-hydrogen) atoms. The number of nitrogens with two attached hydrogens (primary N) is 1. The molecular weight excluding hydrogens is 368 g/mol. The smallest absolute Gasteiger partial charge is 0.249 e. The molecule has 3 N–H and O–H groups in total. The van der Waals surface area contributed by atoms with E-state index in [4.69, 9.17) is 5.73 Å². The summed E-state index contributed by atoms with van der Waals surface area (Å²) in [6.07, 6.45) is 2.44. The van der Waals surface area contributed by atoms with Gasteiger partial charge < -0.3 is 11.1 Å². The quantitative estimate of drug-likeness (QED) is 0.626. The number of thioether (sulfide) groups is 1. The summed E-state index contributed by atoms with van der Waals surface area (Å²) in [6, 6.07) is 7.64. The van der Waals surface area contributed by atoms with Crippen LogP contribution in [0.5, 0.6) is 0 Å². The highest BCUT2D eigenvalue weighted by Gasteiger charge is 2.25. The molecule has 3 aromatic rings. The van der Waals surface area contributed by atoms with Crippen molar-refractivity contribution in [1.29, 1.82) is 0 Å². The molecule has 0 saturated carbocycles. The second kappa shape index (κ2) is 7.88. The molecule has 0 radical (unpaired) electrons. The molecule has 7 nitrogen and oxygen atoms in total. The van der Waals surface area contributed by atoms with Gasteiger partial charge in [0.05, 0.1) is 5.69 Å². The van der Waals surface area contributed by atoms with Crippen molar-refractivity contribution in [2.75, 3.05) is 17.3 Å². The van der Waals surface area contributed by atoms with Gasteiger partial charge in [0.2, 0.25) is 11.9 Å². The lowest BCUT2D eigenvalue weighted by atomic mass is 10.1. The van der Waals surface area contributed by atoms with Gasteiger partial charge in [-0.15, -0.1) is 21.5 Å². The van der Waals surface area contributed by atoms with Crippen molar-refractivity contribution in [2.45, 2.75) is 31.5 Å². The maximum absolute atomic E-state index is 12.8. The molecule has 1 atom stereocenters. The Balaban J connectivity index is 1.78. The largest absolute Gasteiger partial charge is 0.368 e. The van der Waals surface area contributed by atoms with Crippen LogP contribution in [-0.4, -0.2) is 31.9 Å². The predicted octanol–water partition coefficient (Wildman–Crippen LogP) is 3.60. The van der Waals surface area contributed by atoms with Crippen LogP contribution < -0.4 is 11.1 Å². The second-order valence-corrected chi connectivity index (χ2v) is 7.36. The van der Waals surface area contributed by atoms with Crippen molar-refractivity contribution >= 4 is 40.1 Å². The van der Waals surface area contributed by atoms with Crippen molar-refractivity contribution in [2.24, 2.45) is 0 Å². The molecule has 1 unspecified atom stereocenters. The Kier molecular flexibility index (Phi) is 5.58. The van der Waals surface area contributed by atoms with E-state index in [2.05, 4.69) is 20.5 Å². The topological polar surface area (TPSA) is 98.7 Å². The molecule has 0 fully saturated rings. The molecule has 2 heterocycles. The van der Waals surface area contributed by atoms with E-state index in [9.17, 15) is 4.79 Å². The number of thiazole rings is 1. The highest BCUT2D eigenvalue weighted by molar-refractivity contribution is 7.98. The van der Waals surface area contributed by atoms with Crippen molar-refractivity contribution < 1.29 is 4.79 Å². The van der Waals surface area contributed by atoms with Crippen LogP contribution in [0, 0.1) is 6.92 Å². The second-order valence-electron chi connectivity index (χ2n) is 5.73. The van der Waals surface area contributed by atoms with E-state index in [1.54, 1.807) is 4.57 Å². The number of nitrogens with one attached hydrogen (secondary N) is 1. The Bertz CT molecular complexity index is 902. The molecule has 0 aliphatic rings. The van der Waals surface area contributed by atoms with Crippen molar-refractivity contribution in [3.05, 3.63) is 35.2 Å². The molecule has 2 aromatic heterocycles. The van der Waals surface area contributed by atoms with Gasteiger partial charge in [0.15, 0.2) is 10.3 Å². The summed E-state index contributed by atoms with van der Waals surface area (Å²) in [5.74, 6) is 0.0509. The van der Waals surface area contributed by atoms with Crippen LogP contribution in [0.25, 0.3) is 11.3 Å². The van der Waals surface area contributed by atoms with Gasteiger partial charge in [-0.1, -0.05) is 48.5 Å². The van der Waals surface area contributed by atoms with Gasteiger partial charge in [-0.25, -0.2) is 4.98 Å². The fourth-order valence-corrected chi connectivity index (χ4v) is 3.85. The summed E-state index contributed by atoms with van der Waals surface area (Å²) in [6.45, 7) is 3.97. The van der Waals surface area contributed by atoms with E-state index in [0.29, 0.717) is 16.7 Å². The minimum Gasteiger partial charge on any atom is -0.368 e. The standard InChI is InChI=1S/C17H20N6OS2/c1-4-13(23-15(18)21-22-17(23)25-3)14(24)20-16-19-12(9-26-16)11-7-5-10(2)6-8-11/h5-9,13H,4H2,1-3H3,(H2,18,21)(H,19,20,24). The third kappa shape index (κ3) is 3.73. The molecule has 0 aliphatic heterocycles. The van der Waals surface area contributed by atoms with Gasteiger partial charge >= 0.3 is 0 Å². The Hall–Kier alpha value is -2.39. The molecule has 3 rings (SSSR count). The Morgan fingerprint density at radius 3 is 2.73 bits per heavy atom. The molecule has 0 saturated heterocycles. The summed E-state index contributed by atoms with van der Waals surface area (Å²) in [5.41, 5.74) is 8.95. The number of carbonyl (C=O) groups excluding carboxylic acids is 1. The molecule has 136 valence electrons. The average molecular weight is 389 g/mol. The number of aromatic nitrogens is 4.